The summed E-state index contributed by atoms with van der Waals surface area (Å²) in [5.74, 6) is 0. The highest BCUT2D eigenvalue weighted by atomic mass is 32.1. The third-order valence-corrected chi connectivity index (χ3v) is 3.09. The minimum absolute atomic E-state index is 0.661. The summed E-state index contributed by atoms with van der Waals surface area (Å²) < 4.78 is 13.4. The molecule has 0 fully saturated rings. The lowest BCUT2D eigenvalue weighted by atomic mass is 10.1. The van der Waals surface area contributed by atoms with Gasteiger partial charge in [-0.1, -0.05) is 0 Å². The van der Waals surface area contributed by atoms with Gasteiger partial charge in [0.05, 0.1) is 9.88 Å². The summed E-state index contributed by atoms with van der Waals surface area (Å²) in [6, 6.07) is 0. The van der Waals surface area contributed by atoms with Gasteiger partial charge in [0.2, 0.25) is 0 Å². The number of alkyl halides is 1. The number of thiazole rings is 1. The van der Waals surface area contributed by atoms with Crippen LogP contribution in [0.2, 0.25) is 0 Å². The third kappa shape index (κ3) is 3.04. The van der Waals surface area contributed by atoms with Crippen molar-refractivity contribution in [2.24, 2.45) is 5.73 Å². The molecule has 2 nitrogen and oxygen atoms in total. The van der Waals surface area contributed by atoms with E-state index in [9.17, 15) is 4.39 Å². The van der Waals surface area contributed by atoms with Gasteiger partial charge in [0.15, 0.2) is 0 Å². The highest BCUT2D eigenvalue weighted by molar-refractivity contribution is 7.11. The summed E-state index contributed by atoms with van der Waals surface area (Å²) in [6.45, 7) is 3.76. The van der Waals surface area contributed by atoms with Crippen molar-refractivity contribution in [1.82, 2.24) is 4.98 Å². The second-order valence-corrected chi connectivity index (χ2v) is 4.60. The molecule has 0 spiro atoms. The molecular weight excluding hydrogens is 187 g/mol. The molecule has 0 saturated heterocycles. The Labute approximate surface area is 82.0 Å². The molecule has 0 aliphatic heterocycles. The van der Waals surface area contributed by atoms with E-state index in [2.05, 4.69) is 4.98 Å². The predicted molar refractivity (Wildman–Crippen MR) is 53.6 cm³/mol. The molecule has 0 amide bonds. The fourth-order valence-corrected chi connectivity index (χ4v) is 1.91. The van der Waals surface area contributed by atoms with Gasteiger partial charge in [-0.3, -0.25) is 0 Å². The average Bonchev–Trinajstić information content (AvgIpc) is 2.47. The van der Waals surface area contributed by atoms with Crippen LogP contribution in [0.15, 0.2) is 6.20 Å². The van der Waals surface area contributed by atoms with E-state index in [4.69, 9.17) is 5.73 Å². The van der Waals surface area contributed by atoms with Crippen LogP contribution in [0, 0.1) is 0 Å². The Kier molecular flexibility index (Phi) is 3.39. The maximum absolute atomic E-state index is 13.4. The molecule has 74 valence electrons. The van der Waals surface area contributed by atoms with Crippen LogP contribution < -0.4 is 5.73 Å². The molecule has 1 heterocycles. The van der Waals surface area contributed by atoms with Gasteiger partial charge in [-0.15, -0.1) is 11.3 Å². The Hall–Kier alpha value is -0.480. The Morgan fingerprint density at radius 3 is 2.77 bits per heavy atom. The van der Waals surface area contributed by atoms with Gasteiger partial charge in [-0.25, -0.2) is 9.37 Å². The van der Waals surface area contributed by atoms with Crippen molar-refractivity contribution >= 4 is 11.3 Å². The standard InChI is InChI=1S/C9H15FN2S/c1-9(2,10)7-6-12-8(13-7)4-3-5-11/h6H,3-5,11H2,1-2H3. The van der Waals surface area contributed by atoms with E-state index >= 15 is 0 Å². The summed E-state index contributed by atoms with van der Waals surface area (Å²) in [7, 11) is 0. The van der Waals surface area contributed by atoms with E-state index < -0.39 is 5.67 Å². The van der Waals surface area contributed by atoms with Crippen LogP contribution in [-0.2, 0) is 12.1 Å². The number of aromatic nitrogens is 1. The van der Waals surface area contributed by atoms with E-state index in [1.807, 2.05) is 0 Å². The molecule has 0 atom stereocenters. The number of rotatable bonds is 4. The number of hydrogen-bond acceptors (Lipinski definition) is 3. The van der Waals surface area contributed by atoms with Gasteiger partial charge >= 0.3 is 0 Å². The van der Waals surface area contributed by atoms with Crippen molar-refractivity contribution in [1.29, 1.82) is 0 Å². The van der Waals surface area contributed by atoms with E-state index in [-0.39, 0.29) is 0 Å². The van der Waals surface area contributed by atoms with Crippen LogP contribution in [0.3, 0.4) is 0 Å². The molecule has 0 saturated carbocycles. The maximum atomic E-state index is 13.4. The Morgan fingerprint density at radius 2 is 2.31 bits per heavy atom. The first kappa shape index (κ1) is 10.6. The van der Waals surface area contributed by atoms with Crippen molar-refractivity contribution in [3.63, 3.8) is 0 Å². The zero-order valence-electron chi connectivity index (χ0n) is 8.01. The average molecular weight is 202 g/mol. The van der Waals surface area contributed by atoms with Crippen molar-refractivity contribution in [2.75, 3.05) is 6.54 Å². The molecule has 1 rings (SSSR count). The van der Waals surface area contributed by atoms with Gasteiger partial charge in [0.1, 0.15) is 5.67 Å². The molecule has 1 aromatic heterocycles. The molecule has 0 radical (unpaired) electrons. The normalized spacial score (nSPS) is 12.0. The molecule has 0 aliphatic rings. The summed E-state index contributed by atoms with van der Waals surface area (Å²) >= 11 is 1.44. The first-order valence-corrected chi connectivity index (χ1v) is 5.20. The monoisotopic (exact) mass is 202 g/mol. The van der Waals surface area contributed by atoms with E-state index in [1.165, 1.54) is 11.3 Å². The van der Waals surface area contributed by atoms with Crippen LogP contribution in [-0.4, -0.2) is 11.5 Å². The molecule has 1 aromatic rings. The zero-order chi connectivity index (χ0) is 9.90. The van der Waals surface area contributed by atoms with Crippen LogP contribution in [0.4, 0.5) is 4.39 Å². The first-order chi connectivity index (χ1) is 6.04. The molecular formula is C9H15FN2S. The fraction of sp³-hybridized carbons (Fsp3) is 0.667. The summed E-state index contributed by atoms with van der Waals surface area (Å²) in [5.41, 5.74) is 4.11. The van der Waals surface area contributed by atoms with Crippen LogP contribution >= 0.6 is 11.3 Å². The fourth-order valence-electron chi connectivity index (χ4n) is 0.954. The molecule has 0 unspecified atom stereocenters. The quantitative estimate of drug-likeness (QED) is 0.813. The number of halogens is 1. The number of hydrogen-bond donors (Lipinski definition) is 1. The minimum Gasteiger partial charge on any atom is -0.330 e. The third-order valence-electron chi connectivity index (χ3n) is 1.73. The van der Waals surface area contributed by atoms with Crippen LogP contribution in [0.5, 0.6) is 0 Å². The van der Waals surface area contributed by atoms with Gasteiger partial charge in [-0.05, 0) is 26.8 Å². The molecule has 0 aromatic carbocycles. The lowest BCUT2D eigenvalue weighted by molar-refractivity contribution is 0.226. The van der Waals surface area contributed by atoms with E-state index in [0.717, 1.165) is 17.8 Å². The number of aryl methyl sites for hydroxylation is 1. The Balaban J connectivity index is 2.64. The Bertz CT molecular complexity index is 265. The summed E-state index contributed by atoms with van der Waals surface area (Å²) in [5, 5.41) is 0.978. The van der Waals surface area contributed by atoms with Crippen molar-refractivity contribution in [3.05, 3.63) is 16.1 Å². The highest BCUT2D eigenvalue weighted by Gasteiger charge is 2.21. The minimum atomic E-state index is -1.27. The number of nitrogens with two attached hydrogens (primary N) is 1. The molecule has 4 heteroatoms. The van der Waals surface area contributed by atoms with Gasteiger partial charge in [-0.2, -0.15) is 0 Å². The predicted octanol–water partition coefficient (Wildman–Crippen LogP) is 2.24. The smallest absolute Gasteiger partial charge is 0.141 e. The van der Waals surface area contributed by atoms with Gasteiger partial charge in [0.25, 0.3) is 0 Å². The second kappa shape index (κ2) is 4.15. The topological polar surface area (TPSA) is 38.9 Å². The lowest BCUT2D eigenvalue weighted by Crippen LogP contribution is -2.05. The largest absolute Gasteiger partial charge is 0.330 e. The summed E-state index contributed by atoms with van der Waals surface area (Å²) in [4.78, 5) is 4.84. The Morgan fingerprint density at radius 1 is 1.62 bits per heavy atom. The first-order valence-electron chi connectivity index (χ1n) is 4.38. The van der Waals surface area contributed by atoms with E-state index in [1.54, 1.807) is 20.0 Å². The highest BCUT2D eigenvalue weighted by Crippen LogP contribution is 2.29. The number of nitrogens with zero attached hydrogens (tertiary/aromatic N) is 1. The van der Waals surface area contributed by atoms with Crippen LogP contribution in [0.1, 0.15) is 30.2 Å². The molecule has 2 N–H and O–H groups in total. The van der Waals surface area contributed by atoms with Gasteiger partial charge in [0, 0.05) is 12.6 Å². The molecule has 13 heavy (non-hydrogen) atoms. The van der Waals surface area contributed by atoms with E-state index in [0.29, 0.717) is 11.4 Å². The van der Waals surface area contributed by atoms with Crippen molar-refractivity contribution < 1.29 is 4.39 Å². The molecule has 0 bridgehead atoms. The van der Waals surface area contributed by atoms with Crippen molar-refractivity contribution in [3.8, 4) is 0 Å². The lowest BCUT2D eigenvalue weighted by Gasteiger charge is -2.09. The summed E-state index contributed by atoms with van der Waals surface area (Å²) in [6.07, 6.45) is 3.40. The van der Waals surface area contributed by atoms with Crippen molar-refractivity contribution in [2.45, 2.75) is 32.4 Å². The second-order valence-electron chi connectivity index (χ2n) is 3.48. The zero-order valence-corrected chi connectivity index (χ0v) is 8.83. The van der Waals surface area contributed by atoms with Crippen LogP contribution in [0.25, 0.3) is 0 Å². The van der Waals surface area contributed by atoms with Gasteiger partial charge < -0.3 is 5.73 Å². The molecule has 0 aliphatic carbocycles. The SMILES string of the molecule is CC(C)(F)c1cnc(CCCN)s1. The maximum Gasteiger partial charge on any atom is 0.141 e.